The maximum atomic E-state index is 13.3. The average molecular weight is 452 g/mol. The Morgan fingerprint density at radius 2 is 1.70 bits per heavy atom. The van der Waals surface area contributed by atoms with E-state index in [9.17, 15) is 23.5 Å². The molecule has 3 N–H and O–H groups in total. The number of phenolic OH excluding ortho intramolecular Hbond substituents is 1. The van der Waals surface area contributed by atoms with Gasteiger partial charge in [-0.25, -0.2) is 13.8 Å². The Balaban J connectivity index is 1.39. The van der Waals surface area contributed by atoms with Gasteiger partial charge in [-0.2, -0.15) is 0 Å². The summed E-state index contributed by atoms with van der Waals surface area (Å²) >= 11 is 0. The maximum absolute atomic E-state index is 13.3. The lowest BCUT2D eigenvalue weighted by Crippen LogP contribution is -2.24. The third-order valence-electron chi connectivity index (χ3n) is 5.32. The predicted octanol–water partition coefficient (Wildman–Crippen LogP) is 3.85. The first-order valence-electron chi connectivity index (χ1n) is 10.5. The van der Waals surface area contributed by atoms with E-state index in [0.717, 1.165) is 49.4 Å². The lowest BCUT2D eigenvalue weighted by Gasteiger charge is -2.17. The minimum Gasteiger partial charge on any atom is -0.507 e. The minimum absolute atomic E-state index is 0.0265. The third kappa shape index (κ3) is 5.43. The number of nitrogens with one attached hydrogen (secondary N) is 2. The summed E-state index contributed by atoms with van der Waals surface area (Å²) in [6.45, 7) is 2.19. The second-order valence-electron chi connectivity index (χ2n) is 7.74. The van der Waals surface area contributed by atoms with Gasteiger partial charge in [-0.15, -0.1) is 0 Å². The molecule has 0 atom stereocenters. The Labute approximate surface area is 189 Å². The molecule has 0 spiro atoms. The molecule has 1 fully saturated rings. The lowest BCUT2D eigenvalue weighted by molar-refractivity contribution is 0.0947. The Bertz CT molecular complexity index is 1180. The van der Waals surface area contributed by atoms with Gasteiger partial charge in [-0.05, 0) is 54.8 Å². The molecule has 0 unspecified atom stereocenters. The number of hydrogen-bond acceptors (Lipinski definition) is 5. The van der Waals surface area contributed by atoms with Gasteiger partial charge < -0.3 is 20.6 Å². The fourth-order valence-electron chi connectivity index (χ4n) is 3.66. The number of anilines is 2. The highest BCUT2D eigenvalue weighted by Gasteiger charge is 2.16. The first-order valence-corrected chi connectivity index (χ1v) is 10.5. The van der Waals surface area contributed by atoms with Crippen LogP contribution in [0.15, 0.2) is 54.7 Å². The standard InChI is InChI=1S/C24H22F2N4O3/c25-17-10-16(11-18(26)12-17)23(32)29-19-3-4-20(21(31)13-19)24(33)28-14-15-5-6-27-22(9-15)30-7-1-2-8-30/h3-6,9-13,31H,1-2,7-8,14H2,(H,28,33)(H,29,32). The third-order valence-corrected chi connectivity index (χ3v) is 5.32. The number of pyridine rings is 1. The Kier molecular flexibility index (Phi) is 6.48. The van der Waals surface area contributed by atoms with Crippen molar-refractivity contribution in [2.45, 2.75) is 19.4 Å². The van der Waals surface area contributed by atoms with Crippen LogP contribution in [0.3, 0.4) is 0 Å². The molecule has 0 bridgehead atoms. The van der Waals surface area contributed by atoms with Crippen LogP contribution >= 0.6 is 0 Å². The topological polar surface area (TPSA) is 94.6 Å². The quantitative estimate of drug-likeness (QED) is 0.528. The molecule has 4 rings (SSSR count). The van der Waals surface area contributed by atoms with Crippen LogP contribution in [0, 0.1) is 11.6 Å². The molecule has 1 aliphatic heterocycles. The van der Waals surface area contributed by atoms with E-state index in [2.05, 4.69) is 20.5 Å². The van der Waals surface area contributed by atoms with E-state index in [-0.39, 0.29) is 29.1 Å². The van der Waals surface area contributed by atoms with Crippen LogP contribution in [0.2, 0.25) is 0 Å². The molecule has 0 aliphatic carbocycles. The van der Waals surface area contributed by atoms with E-state index < -0.39 is 23.4 Å². The van der Waals surface area contributed by atoms with Crippen LogP contribution in [0.5, 0.6) is 5.75 Å². The minimum atomic E-state index is -0.878. The van der Waals surface area contributed by atoms with Crippen molar-refractivity contribution in [1.29, 1.82) is 0 Å². The largest absolute Gasteiger partial charge is 0.507 e. The van der Waals surface area contributed by atoms with Crippen LogP contribution in [-0.4, -0.2) is 35.0 Å². The van der Waals surface area contributed by atoms with E-state index >= 15 is 0 Å². The summed E-state index contributed by atoms with van der Waals surface area (Å²) < 4.78 is 26.6. The van der Waals surface area contributed by atoms with Gasteiger partial charge in [0.2, 0.25) is 0 Å². The van der Waals surface area contributed by atoms with E-state index in [1.807, 2.05) is 12.1 Å². The molecule has 2 amide bonds. The Morgan fingerprint density at radius 1 is 0.970 bits per heavy atom. The monoisotopic (exact) mass is 452 g/mol. The SMILES string of the molecule is O=C(Nc1ccc(C(=O)NCc2ccnc(N3CCCC3)c2)c(O)c1)c1cc(F)cc(F)c1. The number of hydrogen-bond donors (Lipinski definition) is 3. The van der Waals surface area contributed by atoms with Crippen LogP contribution < -0.4 is 15.5 Å². The number of carbonyl (C=O) groups excluding carboxylic acids is 2. The van der Waals surface area contributed by atoms with Crippen molar-refractivity contribution in [2.75, 3.05) is 23.3 Å². The van der Waals surface area contributed by atoms with E-state index in [0.29, 0.717) is 6.07 Å². The van der Waals surface area contributed by atoms with Crippen LogP contribution in [0.1, 0.15) is 39.1 Å². The Hall–Kier alpha value is -4.01. The highest BCUT2D eigenvalue weighted by molar-refractivity contribution is 6.05. The summed E-state index contributed by atoms with van der Waals surface area (Å²) in [6, 6.07) is 10.2. The van der Waals surface area contributed by atoms with Gasteiger partial charge in [0.05, 0.1) is 5.56 Å². The van der Waals surface area contributed by atoms with E-state index in [1.54, 1.807) is 6.20 Å². The molecule has 2 aromatic carbocycles. The van der Waals surface area contributed by atoms with Gasteiger partial charge in [-0.3, -0.25) is 9.59 Å². The van der Waals surface area contributed by atoms with Gasteiger partial charge in [0, 0.05) is 49.2 Å². The van der Waals surface area contributed by atoms with Crippen molar-refractivity contribution in [1.82, 2.24) is 10.3 Å². The average Bonchev–Trinajstić information content (AvgIpc) is 3.32. The summed E-state index contributed by atoms with van der Waals surface area (Å²) in [5.41, 5.74) is 0.868. The summed E-state index contributed by atoms with van der Waals surface area (Å²) in [5, 5.41) is 15.5. The van der Waals surface area contributed by atoms with Crippen molar-refractivity contribution in [3.05, 3.63) is 83.1 Å². The Morgan fingerprint density at radius 3 is 2.39 bits per heavy atom. The van der Waals surface area contributed by atoms with Gasteiger partial charge >= 0.3 is 0 Å². The van der Waals surface area contributed by atoms with Crippen molar-refractivity contribution < 1.29 is 23.5 Å². The molecule has 1 saturated heterocycles. The van der Waals surface area contributed by atoms with Crippen LogP contribution in [0.25, 0.3) is 0 Å². The molecular formula is C24H22F2N4O3. The highest BCUT2D eigenvalue weighted by atomic mass is 19.1. The van der Waals surface area contributed by atoms with Crippen molar-refractivity contribution in [3.63, 3.8) is 0 Å². The smallest absolute Gasteiger partial charge is 0.255 e. The molecule has 170 valence electrons. The molecule has 3 aromatic rings. The maximum Gasteiger partial charge on any atom is 0.255 e. The molecule has 1 aromatic heterocycles. The molecule has 2 heterocycles. The molecule has 0 radical (unpaired) electrons. The summed E-state index contributed by atoms with van der Waals surface area (Å²) in [5.74, 6) is -2.47. The van der Waals surface area contributed by atoms with Crippen LogP contribution in [-0.2, 0) is 6.54 Å². The number of aromatic nitrogens is 1. The number of carbonyl (C=O) groups is 2. The number of nitrogens with zero attached hydrogens (tertiary/aromatic N) is 2. The lowest BCUT2D eigenvalue weighted by atomic mass is 10.1. The van der Waals surface area contributed by atoms with E-state index in [1.165, 1.54) is 18.2 Å². The first-order chi connectivity index (χ1) is 15.9. The number of aromatic hydroxyl groups is 1. The highest BCUT2D eigenvalue weighted by Crippen LogP contribution is 2.23. The number of rotatable bonds is 6. The number of amides is 2. The molecule has 0 saturated carbocycles. The summed E-state index contributed by atoms with van der Waals surface area (Å²) in [6.07, 6.45) is 3.98. The number of phenols is 1. The predicted molar refractivity (Wildman–Crippen MR) is 119 cm³/mol. The van der Waals surface area contributed by atoms with Crippen LogP contribution in [0.4, 0.5) is 20.3 Å². The van der Waals surface area contributed by atoms with E-state index in [4.69, 9.17) is 0 Å². The second-order valence-corrected chi connectivity index (χ2v) is 7.74. The fourth-order valence-corrected chi connectivity index (χ4v) is 3.66. The zero-order chi connectivity index (χ0) is 23.4. The van der Waals surface area contributed by atoms with Gasteiger partial charge in [0.15, 0.2) is 0 Å². The molecule has 1 aliphatic rings. The zero-order valence-corrected chi connectivity index (χ0v) is 17.6. The van der Waals surface area contributed by atoms with Crippen molar-refractivity contribution in [3.8, 4) is 5.75 Å². The zero-order valence-electron chi connectivity index (χ0n) is 17.6. The fraction of sp³-hybridized carbons (Fsp3) is 0.208. The van der Waals surface area contributed by atoms with Gasteiger partial charge in [0.1, 0.15) is 23.2 Å². The first kappa shape index (κ1) is 22.2. The molecule has 33 heavy (non-hydrogen) atoms. The second kappa shape index (κ2) is 9.64. The molecule has 7 nitrogen and oxygen atoms in total. The summed E-state index contributed by atoms with van der Waals surface area (Å²) in [7, 11) is 0. The normalized spacial score (nSPS) is 13.1. The van der Waals surface area contributed by atoms with Gasteiger partial charge in [-0.1, -0.05) is 0 Å². The van der Waals surface area contributed by atoms with Crippen molar-refractivity contribution in [2.24, 2.45) is 0 Å². The number of halogens is 2. The number of benzene rings is 2. The van der Waals surface area contributed by atoms with Gasteiger partial charge in [0.25, 0.3) is 11.8 Å². The van der Waals surface area contributed by atoms with Crippen molar-refractivity contribution >= 4 is 23.3 Å². The molecular weight excluding hydrogens is 430 g/mol. The molecule has 9 heteroatoms. The summed E-state index contributed by atoms with van der Waals surface area (Å²) in [4.78, 5) is 31.3.